The Labute approximate surface area is 156 Å². The van der Waals surface area contributed by atoms with Crippen molar-refractivity contribution in [3.05, 3.63) is 58.9 Å². The van der Waals surface area contributed by atoms with Gasteiger partial charge in [0.05, 0.1) is 22.6 Å². The Morgan fingerprint density at radius 3 is 2.58 bits per heavy atom. The van der Waals surface area contributed by atoms with Gasteiger partial charge in [-0.2, -0.15) is 0 Å². The zero-order valence-electron chi connectivity index (χ0n) is 14.3. The lowest BCUT2D eigenvalue weighted by Gasteiger charge is -2.11. The van der Waals surface area contributed by atoms with Crippen LogP contribution in [0.2, 0.25) is 5.02 Å². The molecular weight excluding hydrogens is 374 g/mol. The highest BCUT2D eigenvalue weighted by Crippen LogP contribution is 2.24. The molecule has 0 aliphatic carbocycles. The van der Waals surface area contributed by atoms with E-state index in [1.165, 1.54) is 18.2 Å². The van der Waals surface area contributed by atoms with E-state index in [2.05, 4.69) is 4.98 Å². The van der Waals surface area contributed by atoms with E-state index in [-0.39, 0.29) is 33.7 Å². The van der Waals surface area contributed by atoms with Crippen LogP contribution in [0.4, 0.5) is 0 Å². The number of carbonyl (C=O) groups excluding carboxylic acids is 1. The van der Waals surface area contributed by atoms with E-state index in [1.54, 1.807) is 0 Å². The van der Waals surface area contributed by atoms with Crippen LogP contribution in [0.5, 0.6) is 0 Å². The van der Waals surface area contributed by atoms with Gasteiger partial charge < -0.3 is 4.57 Å². The second-order valence-corrected chi connectivity index (χ2v) is 8.25. The molecule has 136 valence electrons. The molecule has 0 radical (unpaired) electrons. The number of sulfonamides is 1. The number of benzene rings is 2. The van der Waals surface area contributed by atoms with Gasteiger partial charge in [0.1, 0.15) is 10.7 Å². The quantitative estimate of drug-likeness (QED) is 0.674. The Kier molecular flexibility index (Phi) is 4.88. The summed E-state index contributed by atoms with van der Waals surface area (Å²) >= 11 is 5.89. The van der Waals surface area contributed by atoms with E-state index in [1.807, 2.05) is 42.7 Å². The number of nitrogens with zero attached hydrogens (tertiary/aromatic N) is 2. The summed E-state index contributed by atoms with van der Waals surface area (Å²) in [5.74, 6) is 0.664. The summed E-state index contributed by atoms with van der Waals surface area (Å²) < 4.78 is 25.1. The first-order chi connectivity index (χ1) is 12.2. The van der Waals surface area contributed by atoms with Gasteiger partial charge in [-0.15, -0.1) is 0 Å². The van der Waals surface area contributed by atoms with E-state index >= 15 is 0 Å². The number of rotatable bonds is 5. The molecule has 2 N–H and O–H groups in total. The molecule has 0 atom stereocenters. The summed E-state index contributed by atoms with van der Waals surface area (Å²) in [6, 6.07) is 11.6. The molecule has 26 heavy (non-hydrogen) atoms. The fourth-order valence-corrected chi connectivity index (χ4v) is 3.90. The van der Waals surface area contributed by atoms with Crippen LogP contribution >= 0.6 is 11.6 Å². The first kappa shape index (κ1) is 18.6. The van der Waals surface area contributed by atoms with Gasteiger partial charge in [0.2, 0.25) is 10.0 Å². The highest BCUT2D eigenvalue weighted by molar-refractivity contribution is 7.89. The highest BCUT2D eigenvalue weighted by Gasteiger charge is 2.19. The fourth-order valence-electron chi connectivity index (χ4n) is 2.83. The number of nitrogens with two attached hydrogens (primary N) is 1. The minimum absolute atomic E-state index is 0.0139. The predicted octanol–water partition coefficient (Wildman–Crippen LogP) is 3.34. The van der Waals surface area contributed by atoms with Crippen LogP contribution in [0.15, 0.2) is 47.4 Å². The van der Waals surface area contributed by atoms with Crippen molar-refractivity contribution in [2.45, 2.75) is 31.2 Å². The molecule has 0 bridgehead atoms. The van der Waals surface area contributed by atoms with Gasteiger partial charge in [-0.3, -0.25) is 4.79 Å². The molecule has 6 nitrogen and oxygen atoms in total. The summed E-state index contributed by atoms with van der Waals surface area (Å²) in [5, 5.41) is 5.15. The number of hydrogen-bond acceptors (Lipinski definition) is 4. The molecule has 3 aromatic rings. The number of para-hydroxylation sites is 2. The third kappa shape index (κ3) is 3.51. The maximum Gasteiger partial charge on any atom is 0.239 e. The summed E-state index contributed by atoms with van der Waals surface area (Å²) in [6.07, 6.45) is 0. The molecule has 0 aliphatic heterocycles. The van der Waals surface area contributed by atoms with Gasteiger partial charge in [0.15, 0.2) is 5.78 Å². The molecule has 0 fully saturated rings. The summed E-state index contributed by atoms with van der Waals surface area (Å²) in [4.78, 5) is 17.1. The molecule has 0 amide bonds. The number of ketones is 1. The maximum atomic E-state index is 12.8. The molecule has 2 aromatic carbocycles. The minimum atomic E-state index is -4.01. The lowest BCUT2D eigenvalue weighted by molar-refractivity contribution is 0.0972. The normalized spacial score (nSPS) is 12.0. The van der Waals surface area contributed by atoms with Gasteiger partial charge >= 0.3 is 0 Å². The first-order valence-corrected chi connectivity index (χ1v) is 9.91. The van der Waals surface area contributed by atoms with Gasteiger partial charge in [0, 0.05) is 11.5 Å². The molecule has 0 unspecified atom stereocenters. The predicted molar refractivity (Wildman–Crippen MR) is 101 cm³/mol. The molecule has 8 heteroatoms. The smallest absolute Gasteiger partial charge is 0.239 e. The second kappa shape index (κ2) is 6.83. The molecular formula is C18H18ClN3O3S. The Morgan fingerprint density at radius 1 is 1.23 bits per heavy atom. The Morgan fingerprint density at radius 2 is 1.92 bits per heavy atom. The van der Waals surface area contributed by atoms with Crippen LogP contribution in [0.3, 0.4) is 0 Å². The van der Waals surface area contributed by atoms with Crippen LogP contribution in [-0.2, 0) is 16.6 Å². The molecule has 0 saturated heterocycles. The first-order valence-electron chi connectivity index (χ1n) is 7.99. The van der Waals surface area contributed by atoms with Crippen LogP contribution < -0.4 is 5.14 Å². The summed E-state index contributed by atoms with van der Waals surface area (Å²) in [5.41, 5.74) is 1.89. The van der Waals surface area contributed by atoms with Crippen LogP contribution in [0, 0.1) is 0 Å². The van der Waals surface area contributed by atoms with Crippen molar-refractivity contribution in [2.75, 3.05) is 0 Å². The number of carbonyl (C=O) groups is 1. The minimum Gasteiger partial charge on any atom is -0.320 e. The monoisotopic (exact) mass is 391 g/mol. The van der Waals surface area contributed by atoms with Gasteiger partial charge in [-0.05, 0) is 30.3 Å². The summed E-state index contributed by atoms with van der Waals surface area (Å²) in [6.45, 7) is 4.05. The fraction of sp³-hybridized carbons (Fsp3) is 0.222. The van der Waals surface area contributed by atoms with E-state index in [4.69, 9.17) is 16.7 Å². The molecule has 1 aromatic heterocycles. The zero-order valence-corrected chi connectivity index (χ0v) is 15.9. The van der Waals surface area contributed by atoms with Crippen LogP contribution in [0.25, 0.3) is 11.0 Å². The molecule has 1 heterocycles. The number of halogens is 1. The van der Waals surface area contributed by atoms with E-state index < -0.39 is 10.0 Å². The third-order valence-corrected chi connectivity index (χ3v) is 5.45. The number of Topliss-reactive ketones (excluding diaryl/α,β-unsaturated/α-hetero) is 1. The number of imidazole rings is 1. The lowest BCUT2D eigenvalue weighted by atomic mass is 10.1. The third-order valence-electron chi connectivity index (χ3n) is 4.06. The topological polar surface area (TPSA) is 95.0 Å². The average molecular weight is 392 g/mol. The van der Waals surface area contributed by atoms with E-state index in [0.717, 1.165) is 16.9 Å². The van der Waals surface area contributed by atoms with Gasteiger partial charge in [-0.25, -0.2) is 18.5 Å². The van der Waals surface area contributed by atoms with E-state index in [9.17, 15) is 13.2 Å². The van der Waals surface area contributed by atoms with Crippen molar-refractivity contribution in [3.8, 4) is 0 Å². The Balaban J connectivity index is 2.04. The van der Waals surface area contributed by atoms with Crippen molar-refractivity contribution < 1.29 is 13.2 Å². The Hall–Kier alpha value is -2.22. The Bertz CT molecular complexity index is 1100. The van der Waals surface area contributed by atoms with Crippen molar-refractivity contribution in [3.63, 3.8) is 0 Å². The molecule has 0 spiro atoms. The zero-order chi connectivity index (χ0) is 19.1. The number of hydrogen-bond donors (Lipinski definition) is 1. The highest BCUT2D eigenvalue weighted by atomic mass is 35.5. The van der Waals surface area contributed by atoms with Crippen molar-refractivity contribution in [1.29, 1.82) is 0 Å². The standard InChI is InChI=1S/C18H18ClN3O3S/c1-11(2)18-21-14-5-3-4-6-15(14)22(18)10-16(23)12-7-8-13(19)17(9-12)26(20,24)25/h3-9,11H,10H2,1-2H3,(H2,20,24,25). The van der Waals surface area contributed by atoms with Crippen LogP contribution in [0.1, 0.15) is 35.9 Å². The molecule has 0 aliphatic rings. The summed E-state index contributed by atoms with van der Waals surface area (Å²) in [7, 11) is -4.01. The van der Waals surface area contributed by atoms with E-state index in [0.29, 0.717) is 0 Å². The van der Waals surface area contributed by atoms with Gasteiger partial charge in [-0.1, -0.05) is 37.6 Å². The van der Waals surface area contributed by atoms with Crippen molar-refractivity contribution in [2.24, 2.45) is 5.14 Å². The van der Waals surface area contributed by atoms with Crippen molar-refractivity contribution in [1.82, 2.24) is 9.55 Å². The van der Waals surface area contributed by atoms with Gasteiger partial charge in [0.25, 0.3) is 0 Å². The largest absolute Gasteiger partial charge is 0.320 e. The maximum absolute atomic E-state index is 12.8. The van der Waals surface area contributed by atoms with Crippen LogP contribution in [-0.4, -0.2) is 23.8 Å². The number of aromatic nitrogens is 2. The SMILES string of the molecule is CC(C)c1nc2ccccc2n1CC(=O)c1ccc(Cl)c(S(N)(=O)=O)c1. The molecule has 3 rings (SSSR count). The van der Waals surface area contributed by atoms with Crippen molar-refractivity contribution >= 4 is 38.4 Å². The lowest BCUT2D eigenvalue weighted by Crippen LogP contribution is -2.16. The average Bonchev–Trinajstić information content (AvgIpc) is 2.93. The molecule has 0 saturated carbocycles. The number of primary sulfonamides is 1. The second-order valence-electron chi connectivity index (χ2n) is 6.31. The number of fused-ring (bicyclic) bond motifs is 1.